The zero-order valence-corrected chi connectivity index (χ0v) is 12.6. The molecule has 106 valence electrons. The fourth-order valence-corrected chi connectivity index (χ4v) is 2.56. The zero-order valence-electron chi connectivity index (χ0n) is 11.8. The molecule has 0 aliphatic rings. The molecule has 1 atom stereocenters. The van der Waals surface area contributed by atoms with Gasteiger partial charge in [-0.1, -0.05) is 13.0 Å². The van der Waals surface area contributed by atoms with Crippen LogP contribution < -0.4 is 5.32 Å². The van der Waals surface area contributed by atoms with Gasteiger partial charge in [-0.3, -0.25) is 9.59 Å². The Hall–Kier alpha value is -1.36. The normalized spacial score (nSPS) is 11.9. The Morgan fingerprint density at radius 1 is 1.47 bits per heavy atom. The van der Waals surface area contributed by atoms with Gasteiger partial charge in [-0.15, -0.1) is 11.3 Å². The molecule has 1 aromatic rings. The van der Waals surface area contributed by atoms with E-state index in [9.17, 15) is 9.59 Å². The summed E-state index contributed by atoms with van der Waals surface area (Å²) in [5.41, 5.74) is 0. The van der Waals surface area contributed by atoms with Crippen LogP contribution in [0.1, 0.15) is 32.1 Å². The summed E-state index contributed by atoms with van der Waals surface area (Å²) in [7, 11) is 0. The monoisotopic (exact) mass is 282 g/mol. The van der Waals surface area contributed by atoms with Crippen molar-refractivity contribution in [3.63, 3.8) is 0 Å². The molecule has 1 rings (SSSR count). The van der Waals surface area contributed by atoms with Crippen LogP contribution in [0.25, 0.3) is 0 Å². The van der Waals surface area contributed by atoms with Gasteiger partial charge in [0.15, 0.2) is 0 Å². The minimum absolute atomic E-state index is 0.00936. The van der Waals surface area contributed by atoms with Crippen LogP contribution in [0, 0.1) is 0 Å². The van der Waals surface area contributed by atoms with Gasteiger partial charge in [-0.25, -0.2) is 0 Å². The van der Waals surface area contributed by atoms with Crippen molar-refractivity contribution in [1.29, 1.82) is 0 Å². The Morgan fingerprint density at radius 3 is 2.74 bits per heavy atom. The van der Waals surface area contributed by atoms with E-state index in [0.29, 0.717) is 19.5 Å². The van der Waals surface area contributed by atoms with Crippen molar-refractivity contribution in [2.45, 2.75) is 39.7 Å². The standard InChI is InChI=1S/C14H22N2O2S/c1-4-11(2)16(12(3)17)8-7-15-14(18)10-13-6-5-9-19-13/h5-6,9,11H,4,7-8,10H2,1-3H3,(H,15,18). The summed E-state index contributed by atoms with van der Waals surface area (Å²) in [5, 5.41) is 4.82. The van der Waals surface area contributed by atoms with Crippen LogP contribution in [-0.2, 0) is 16.0 Å². The molecule has 1 N–H and O–H groups in total. The third kappa shape index (κ3) is 5.42. The molecular weight excluding hydrogens is 260 g/mol. The zero-order chi connectivity index (χ0) is 14.3. The molecule has 0 aliphatic carbocycles. The van der Waals surface area contributed by atoms with Gasteiger partial charge >= 0.3 is 0 Å². The lowest BCUT2D eigenvalue weighted by Crippen LogP contribution is -2.42. The topological polar surface area (TPSA) is 49.4 Å². The Labute approximate surface area is 118 Å². The van der Waals surface area contributed by atoms with Crippen molar-refractivity contribution >= 4 is 23.2 Å². The fraction of sp³-hybridized carbons (Fsp3) is 0.571. The van der Waals surface area contributed by atoms with E-state index < -0.39 is 0 Å². The second-order valence-electron chi connectivity index (χ2n) is 4.58. The van der Waals surface area contributed by atoms with Crippen molar-refractivity contribution in [2.24, 2.45) is 0 Å². The predicted molar refractivity (Wildman–Crippen MR) is 78.2 cm³/mol. The number of hydrogen-bond donors (Lipinski definition) is 1. The maximum atomic E-state index is 11.7. The molecule has 5 heteroatoms. The summed E-state index contributed by atoms with van der Waals surface area (Å²) in [6.45, 7) is 6.72. The number of carbonyl (C=O) groups is 2. The molecule has 1 aromatic heterocycles. The summed E-state index contributed by atoms with van der Waals surface area (Å²) in [4.78, 5) is 26.0. The van der Waals surface area contributed by atoms with Gasteiger partial charge in [0.2, 0.25) is 11.8 Å². The van der Waals surface area contributed by atoms with Crippen molar-refractivity contribution in [3.05, 3.63) is 22.4 Å². The maximum Gasteiger partial charge on any atom is 0.225 e. The van der Waals surface area contributed by atoms with Gasteiger partial charge < -0.3 is 10.2 Å². The first-order valence-corrected chi connectivity index (χ1v) is 7.48. The van der Waals surface area contributed by atoms with Gasteiger partial charge in [0.25, 0.3) is 0 Å². The highest BCUT2D eigenvalue weighted by Crippen LogP contribution is 2.08. The lowest BCUT2D eigenvalue weighted by atomic mass is 10.2. The highest BCUT2D eigenvalue weighted by molar-refractivity contribution is 7.10. The smallest absolute Gasteiger partial charge is 0.225 e. The predicted octanol–water partition coefficient (Wildman–Crippen LogP) is 2.05. The van der Waals surface area contributed by atoms with Crippen molar-refractivity contribution in [3.8, 4) is 0 Å². The molecule has 0 aromatic carbocycles. The molecule has 0 fully saturated rings. The lowest BCUT2D eigenvalue weighted by Gasteiger charge is -2.27. The maximum absolute atomic E-state index is 11.7. The van der Waals surface area contributed by atoms with Gasteiger partial charge in [0.05, 0.1) is 6.42 Å². The van der Waals surface area contributed by atoms with Crippen molar-refractivity contribution < 1.29 is 9.59 Å². The number of rotatable bonds is 7. The van der Waals surface area contributed by atoms with Crippen LogP contribution in [0.2, 0.25) is 0 Å². The van der Waals surface area contributed by atoms with Gasteiger partial charge in [-0.2, -0.15) is 0 Å². The van der Waals surface area contributed by atoms with E-state index in [1.807, 2.05) is 24.4 Å². The molecule has 2 amide bonds. The molecule has 0 aliphatic heterocycles. The number of thiophene rings is 1. The average Bonchev–Trinajstić information content (AvgIpc) is 2.86. The summed E-state index contributed by atoms with van der Waals surface area (Å²) < 4.78 is 0. The van der Waals surface area contributed by atoms with Gasteiger partial charge in [0, 0.05) is 30.9 Å². The third-order valence-electron chi connectivity index (χ3n) is 3.12. The largest absolute Gasteiger partial charge is 0.354 e. The average molecular weight is 282 g/mol. The number of hydrogen-bond acceptors (Lipinski definition) is 3. The summed E-state index contributed by atoms with van der Waals surface area (Å²) in [5.74, 6) is 0.0666. The Kier molecular flexibility index (Phi) is 6.56. The Morgan fingerprint density at radius 2 is 2.21 bits per heavy atom. The van der Waals surface area contributed by atoms with E-state index in [4.69, 9.17) is 0 Å². The van der Waals surface area contributed by atoms with E-state index in [1.54, 1.807) is 23.2 Å². The first-order valence-electron chi connectivity index (χ1n) is 6.60. The second kappa shape index (κ2) is 7.94. The molecule has 0 saturated heterocycles. The number of nitrogens with one attached hydrogen (secondary N) is 1. The first-order chi connectivity index (χ1) is 9.04. The highest BCUT2D eigenvalue weighted by Gasteiger charge is 2.14. The van der Waals surface area contributed by atoms with E-state index in [2.05, 4.69) is 12.2 Å². The van der Waals surface area contributed by atoms with E-state index >= 15 is 0 Å². The molecule has 1 unspecified atom stereocenters. The number of carbonyl (C=O) groups excluding carboxylic acids is 2. The quantitative estimate of drug-likeness (QED) is 0.832. The van der Waals surface area contributed by atoms with Gasteiger partial charge in [-0.05, 0) is 24.8 Å². The van der Waals surface area contributed by atoms with E-state index in [-0.39, 0.29) is 17.9 Å². The SMILES string of the molecule is CCC(C)N(CCNC(=O)Cc1cccs1)C(C)=O. The third-order valence-corrected chi connectivity index (χ3v) is 3.99. The van der Waals surface area contributed by atoms with E-state index in [0.717, 1.165) is 11.3 Å². The van der Waals surface area contributed by atoms with Crippen LogP contribution in [0.4, 0.5) is 0 Å². The van der Waals surface area contributed by atoms with Crippen LogP contribution in [-0.4, -0.2) is 35.8 Å². The van der Waals surface area contributed by atoms with Crippen molar-refractivity contribution in [1.82, 2.24) is 10.2 Å². The van der Waals surface area contributed by atoms with Crippen LogP contribution in [0.3, 0.4) is 0 Å². The van der Waals surface area contributed by atoms with Gasteiger partial charge in [0.1, 0.15) is 0 Å². The lowest BCUT2D eigenvalue weighted by molar-refractivity contribution is -0.131. The van der Waals surface area contributed by atoms with Crippen LogP contribution >= 0.6 is 11.3 Å². The second-order valence-corrected chi connectivity index (χ2v) is 5.61. The first kappa shape index (κ1) is 15.7. The van der Waals surface area contributed by atoms with Crippen LogP contribution in [0.15, 0.2) is 17.5 Å². The molecule has 0 bridgehead atoms. The molecule has 4 nitrogen and oxygen atoms in total. The van der Waals surface area contributed by atoms with Crippen molar-refractivity contribution in [2.75, 3.05) is 13.1 Å². The molecule has 0 saturated carbocycles. The Balaban J connectivity index is 2.31. The molecule has 1 heterocycles. The Bertz CT molecular complexity index is 404. The molecule has 0 spiro atoms. The molecule has 0 radical (unpaired) electrons. The highest BCUT2D eigenvalue weighted by atomic mass is 32.1. The fourth-order valence-electron chi connectivity index (χ4n) is 1.86. The number of nitrogens with zero attached hydrogens (tertiary/aromatic N) is 1. The van der Waals surface area contributed by atoms with E-state index in [1.165, 1.54) is 0 Å². The summed E-state index contributed by atoms with van der Waals surface area (Å²) in [6, 6.07) is 4.10. The number of amides is 2. The molecule has 19 heavy (non-hydrogen) atoms. The minimum Gasteiger partial charge on any atom is -0.354 e. The molecular formula is C14H22N2O2S. The minimum atomic E-state index is 0.00936. The summed E-state index contributed by atoms with van der Waals surface area (Å²) in [6.07, 6.45) is 1.34. The van der Waals surface area contributed by atoms with Crippen LogP contribution in [0.5, 0.6) is 0 Å². The summed E-state index contributed by atoms with van der Waals surface area (Å²) >= 11 is 1.58.